The van der Waals surface area contributed by atoms with Gasteiger partial charge in [0.05, 0.1) is 5.69 Å². The smallest absolute Gasteiger partial charge is 0.193 e. The van der Waals surface area contributed by atoms with Crippen molar-refractivity contribution in [2.24, 2.45) is 4.99 Å². The predicted molar refractivity (Wildman–Crippen MR) is 131 cm³/mol. The first-order valence-corrected chi connectivity index (χ1v) is 9.99. The first-order chi connectivity index (χ1) is 13.7. The van der Waals surface area contributed by atoms with Gasteiger partial charge in [-0.25, -0.2) is 4.98 Å². The zero-order valence-corrected chi connectivity index (χ0v) is 19.5. The van der Waals surface area contributed by atoms with E-state index in [1.165, 1.54) is 5.69 Å². The minimum Gasteiger partial charge on any atom is -0.368 e. The molecule has 8 heteroatoms. The number of hydrogen-bond acceptors (Lipinski definition) is 3. The topological polar surface area (TPSA) is 48.2 Å². The van der Waals surface area contributed by atoms with Gasteiger partial charge in [0.1, 0.15) is 5.65 Å². The molecule has 2 aromatic heterocycles. The number of anilines is 1. The molecule has 1 aliphatic heterocycles. The van der Waals surface area contributed by atoms with E-state index in [2.05, 4.69) is 41.8 Å². The third-order valence-corrected chi connectivity index (χ3v) is 5.28. The van der Waals surface area contributed by atoms with E-state index >= 15 is 0 Å². The number of imidazole rings is 1. The van der Waals surface area contributed by atoms with Gasteiger partial charge in [-0.3, -0.25) is 4.99 Å². The van der Waals surface area contributed by atoms with Crippen molar-refractivity contribution in [1.82, 2.24) is 19.6 Å². The quantitative estimate of drug-likeness (QED) is 0.322. The molecule has 0 amide bonds. The fraction of sp³-hybridized carbons (Fsp3) is 0.333. The second-order valence-electron chi connectivity index (χ2n) is 6.88. The van der Waals surface area contributed by atoms with Gasteiger partial charge in [-0.15, -0.1) is 24.0 Å². The monoisotopic (exact) mass is 524 g/mol. The van der Waals surface area contributed by atoms with Gasteiger partial charge >= 0.3 is 0 Å². The predicted octanol–water partition coefficient (Wildman–Crippen LogP) is 3.55. The summed E-state index contributed by atoms with van der Waals surface area (Å²) in [5.41, 5.74) is 3.25. The van der Waals surface area contributed by atoms with Crippen LogP contribution in [0.1, 0.15) is 5.69 Å². The van der Waals surface area contributed by atoms with Gasteiger partial charge in [-0.1, -0.05) is 23.7 Å². The number of halogens is 2. The number of nitrogens with zero attached hydrogens (tertiary/aromatic N) is 5. The summed E-state index contributed by atoms with van der Waals surface area (Å²) in [7, 11) is 1.84. The van der Waals surface area contributed by atoms with Gasteiger partial charge in [0, 0.05) is 69.3 Å². The maximum atomic E-state index is 6.13. The molecule has 0 saturated carbocycles. The van der Waals surface area contributed by atoms with Crippen LogP contribution >= 0.6 is 35.6 Å². The number of aliphatic imine (C=N–C) groups is 1. The summed E-state index contributed by atoms with van der Waals surface area (Å²) < 4.78 is 2.05. The Bertz CT molecular complexity index is 931. The summed E-state index contributed by atoms with van der Waals surface area (Å²) in [4.78, 5) is 13.8. The van der Waals surface area contributed by atoms with E-state index in [1.54, 1.807) is 0 Å². The van der Waals surface area contributed by atoms with Gasteiger partial charge in [-0.05, 0) is 30.3 Å². The zero-order chi connectivity index (χ0) is 19.3. The van der Waals surface area contributed by atoms with Crippen LogP contribution in [0.2, 0.25) is 5.02 Å². The highest BCUT2D eigenvalue weighted by Crippen LogP contribution is 2.20. The van der Waals surface area contributed by atoms with E-state index in [4.69, 9.17) is 11.6 Å². The fourth-order valence-corrected chi connectivity index (χ4v) is 3.78. The molecule has 3 heterocycles. The number of fused-ring (bicyclic) bond motifs is 1. The number of rotatable bonds is 4. The molecule has 1 aliphatic rings. The third-order valence-electron chi connectivity index (χ3n) is 5.04. The summed E-state index contributed by atoms with van der Waals surface area (Å²) in [6.45, 7) is 4.58. The van der Waals surface area contributed by atoms with E-state index < -0.39 is 0 Å². The van der Waals surface area contributed by atoms with Crippen LogP contribution in [0.15, 0.2) is 59.9 Å². The molecule has 29 heavy (non-hydrogen) atoms. The molecule has 0 unspecified atom stereocenters. The summed E-state index contributed by atoms with van der Waals surface area (Å²) in [5, 5.41) is 4.26. The average Bonchev–Trinajstić information content (AvgIpc) is 3.14. The van der Waals surface area contributed by atoms with Gasteiger partial charge in [0.25, 0.3) is 0 Å². The third kappa shape index (κ3) is 5.33. The first-order valence-electron chi connectivity index (χ1n) is 9.61. The number of hydrogen-bond donors (Lipinski definition) is 1. The fourth-order valence-electron chi connectivity index (χ4n) is 3.59. The van der Waals surface area contributed by atoms with E-state index in [0.29, 0.717) is 0 Å². The van der Waals surface area contributed by atoms with Crippen molar-refractivity contribution < 1.29 is 0 Å². The van der Waals surface area contributed by atoms with E-state index in [-0.39, 0.29) is 24.0 Å². The number of pyridine rings is 1. The summed E-state index contributed by atoms with van der Waals surface area (Å²) in [6.07, 6.45) is 4.98. The van der Waals surface area contributed by atoms with Gasteiger partial charge in [0.15, 0.2) is 5.96 Å². The van der Waals surface area contributed by atoms with Gasteiger partial charge in [0.2, 0.25) is 0 Å². The minimum atomic E-state index is 0. The molecule has 3 aromatic rings. The zero-order valence-electron chi connectivity index (χ0n) is 16.5. The molecule has 0 aliphatic carbocycles. The summed E-state index contributed by atoms with van der Waals surface area (Å²) in [6, 6.07) is 14.1. The normalized spacial score (nSPS) is 14.8. The highest BCUT2D eigenvalue weighted by molar-refractivity contribution is 14.0. The largest absolute Gasteiger partial charge is 0.368 e. The lowest BCUT2D eigenvalue weighted by atomic mass is 10.2. The van der Waals surface area contributed by atoms with Crippen LogP contribution in [0.25, 0.3) is 5.65 Å². The molecule has 0 bridgehead atoms. The summed E-state index contributed by atoms with van der Waals surface area (Å²) >= 11 is 6.13. The van der Waals surface area contributed by atoms with E-state index in [0.717, 1.165) is 61.5 Å². The van der Waals surface area contributed by atoms with Crippen LogP contribution in [-0.2, 0) is 6.42 Å². The molecular weight excluding hydrogens is 499 g/mol. The molecule has 1 saturated heterocycles. The van der Waals surface area contributed by atoms with Crippen LogP contribution in [0, 0.1) is 0 Å². The van der Waals surface area contributed by atoms with Gasteiger partial charge in [-0.2, -0.15) is 0 Å². The Balaban J connectivity index is 0.00000240. The Kier molecular flexibility index (Phi) is 7.60. The number of piperazine rings is 1. The lowest BCUT2D eigenvalue weighted by Crippen LogP contribution is -2.52. The number of aromatic nitrogens is 2. The molecule has 1 N–H and O–H groups in total. The van der Waals surface area contributed by atoms with Crippen LogP contribution in [-0.4, -0.2) is 60.0 Å². The molecule has 0 radical (unpaired) electrons. The van der Waals surface area contributed by atoms with Crippen molar-refractivity contribution in [3.05, 3.63) is 65.6 Å². The second-order valence-corrected chi connectivity index (χ2v) is 7.31. The minimum absolute atomic E-state index is 0. The van der Waals surface area contributed by atoms with Crippen LogP contribution in [0.3, 0.4) is 0 Å². The van der Waals surface area contributed by atoms with Crippen LogP contribution in [0.5, 0.6) is 0 Å². The maximum absolute atomic E-state index is 6.13. The van der Waals surface area contributed by atoms with Crippen LogP contribution in [0.4, 0.5) is 5.69 Å². The molecule has 0 atom stereocenters. The van der Waals surface area contributed by atoms with Gasteiger partial charge < -0.3 is 19.5 Å². The molecule has 4 rings (SSSR count). The Morgan fingerprint density at radius 2 is 1.97 bits per heavy atom. The molecular formula is C21H26ClIN6. The Labute approximate surface area is 193 Å². The number of guanidine groups is 1. The first kappa shape index (κ1) is 21.7. The van der Waals surface area contributed by atoms with Crippen molar-refractivity contribution in [3.63, 3.8) is 0 Å². The van der Waals surface area contributed by atoms with Crippen molar-refractivity contribution in [3.8, 4) is 0 Å². The second kappa shape index (κ2) is 10.2. The maximum Gasteiger partial charge on any atom is 0.193 e. The van der Waals surface area contributed by atoms with Crippen molar-refractivity contribution in [1.29, 1.82) is 0 Å². The summed E-state index contributed by atoms with van der Waals surface area (Å²) in [5.74, 6) is 0.953. The molecule has 1 aromatic carbocycles. The average molecular weight is 525 g/mol. The van der Waals surface area contributed by atoms with Crippen molar-refractivity contribution >= 4 is 52.9 Å². The molecule has 0 spiro atoms. The Hall–Kier alpha value is -2.00. The van der Waals surface area contributed by atoms with Crippen LogP contribution < -0.4 is 10.2 Å². The number of nitrogens with one attached hydrogen (secondary N) is 1. The SMILES string of the molecule is CN=C(NCCc1cn2ccccc2n1)N1CCN(c2cccc(Cl)c2)CC1.I. The highest BCUT2D eigenvalue weighted by atomic mass is 127. The number of benzene rings is 1. The Morgan fingerprint density at radius 3 is 2.69 bits per heavy atom. The lowest BCUT2D eigenvalue weighted by molar-refractivity contribution is 0.373. The van der Waals surface area contributed by atoms with Crippen molar-refractivity contribution in [2.45, 2.75) is 6.42 Å². The van der Waals surface area contributed by atoms with E-state index in [1.807, 2.05) is 49.6 Å². The standard InChI is InChI=1S/C21H25ClN6.HI/c1-23-21(24-9-8-18-16-28-10-3-2-7-20(28)25-18)27-13-11-26(12-14-27)19-6-4-5-17(22)15-19;/h2-7,10,15-16H,8-9,11-14H2,1H3,(H,23,24);1H. The highest BCUT2D eigenvalue weighted by Gasteiger charge is 2.19. The van der Waals surface area contributed by atoms with E-state index in [9.17, 15) is 0 Å². The Morgan fingerprint density at radius 1 is 1.14 bits per heavy atom. The van der Waals surface area contributed by atoms with Crippen molar-refractivity contribution in [2.75, 3.05) is 44.7 Å². The molecule has 154 valence electrons. The molecule has 1 fully saturated rings. The molecule has 6 nitrogen and oxygen atoms in total. The lowest BCUT2D eigenvalue weighted by Gasteiger charge is -2.37.